The van der Waals surface area contributed by atoms with Crippen molar-refractivity contribution in [1.82, 2.24) is 5.32 Å². The van der Waals surface area contributed by atoms with E-state index in [4.69, 9.17) is 0 Å². The van der Waals surface area contributed by atoms with E-state index in [1.165, 1.54) is 57.8 Å². The Labute approximate surface area is 102 Å². The van der Waals surface area contributed by atoms with Crippen LogP contribution in [0.1, 0.15) is 78.6 Å². The van der Waals surface area contributed by atoms with E-state index >= 15 is 0 Å². The Morgan fingerprint density at radius 1 is 1.06 bits per heavy atom. The molecule has 0 heterocycles. The van der Waals surface area contributed by atoms with Gasteiger partial charge in [0.15, 0.2) is 0 Å². The second kappa shape index (κ2) is 8.11. The molecule has 1 N–H and O–H groups in total. The van der Waals surface area contributed by atoms with Crippen LogP contribution in [-0.2, 0) is 0 Å². The van der Waals surface area contributed by atoms with Crippen LogP contribution in [0.3, 0.4) is 0 Å². The van der Waals surface area contributed by atoms with Crippen molar-refractivity contribution in [3.8, 4) is 0 Å². The molecule has 0 amide bonds. The Morgan fingerprint density at radius 3 is 2.19 bits per heavy atom. The zero-order valence-electron chi connectivity index (χ0n) is 11.6. The third-order valence-electron chi connectivity index (χ3n) is 3.88. The summed E-state index contributed by atoms with van der Waals surface area (Å²) in [6.45, 7) is 6.88. The highest BCUT2D eigenvalue weighted by Crippen LogP contribution is 2.27. The fraction of sp³-hybridized carbons (Fsp3) is 1.00. The zero-order valence-corrected chi connectivity index (χ0v) is 11.6. The Balaban J connectivity index is 2.43. The lowest BCUT2D eigenvalue weighted by Crippen LogP contribution is -2.40. The first-order valence-corrected chi connectivity index (χ1v) is 7.50. The Morgan fingerprint density at radius 2 is 1.69 bits per heavy atom. The molecular formula is C15H31N. The van der Waals surface area contributed by atoms with E-state index in [0.29, 0.717) is 6.04 Å². The number of hydrogen-bond acceptors (Lipinski definition) is 1. The molecule has 0 aliphatic heterocycles. The van der Waals surface area contributed by atoms with Gasteiger partial charge in [0.1, 0.15) is 0 Å². The predicted molar refractivity (Wildman–Crippen MR) is 72.8 cm³/mol. The molecule has 1 rings (SSSR count). The topological polar surface area (TPSA) is 12.0 Å². The normalized spacial score (nSPS) is 21.0. The lowest BCUT2D eigenvalue weighted by atomic mass is 9.88. The van der Waals surface area contributed by atoms with Crippen molar-refractivity contribution in [3.63, 3.8) is 0 Å². The second-order valence-corrected chi connectivity index (χ2v) is 5.82. The van der Waals surface area contributed by atoms with Crippen LogP contribution < -0.4 is 5.32 Å². The van der Waals surface area contributed by atoms with Crippen molar-refractivity contribution >= 4 is 0 Å². The fourth-order valence-corrected chi connectivity index (χ4v) is 3.02. The molecule has 16 heavy (non-hydrogen) atoms. The first kappa shape index (κ1) is 14.0. The van der Waals surface area contributed by atoms with Crippen LogP contribution >= 0.6 is 0 Å². The summed E-state index contributed by atoms with van der Waals surface area (Å²) in [6, 6.07) is 1.43. The number of rotatable bonds is 6. The minimum Gasteiger partial charge on any atom is -0.312 e. The van der Waals surface area contributed by atoms with E-state index < -0.39 is 0 Å². The third kappa shape index (κ3) is 5.34. The molecule has 1 fully saturated rings. The van der Waals surface area contributed by atoms with Crippen molar-refractivity contribution in [2.75, 3.05) is 0 Å². The summed E-state index contributed by atoms with van der Waals surface area (Å²) in [5.41, 5.74) is 0. The molecule has 0 aromatic rings. The number of hydrogen-bond donors (Lipinski definition) is 1. The van der Waals surface area contributed by atoms with E-state index in [1.807, 2.05) is 0 Å². The van der Waals surface area contributed by atoms with Gasteiger partial charge in [-0.2, -0.15) is 0 Å². The van der Waals surface area contributed by atoms with Crippen molar-refractivity contribution in [3.05, 3.63) is 0 Å². The zero-order chi connectivity index (χ0) is 11.8. The summed E-state index contributed by atoms with van der Waals surface area (Å²) < 4.78 is 0. The standard InChI is InChI=1S/C15H31N/c1-4-5-12-15(16-13(2)3)14-10-8-6-7-9-11-14/h13-16H,4-12H2,1-3H3. The largest absolute Gasteiger partial charge is 0.312 e. The van der Waals surface area contributed by atoms with Crippen LogP contribution in [-0.4, -0.2) is 12.1 Å². The lowest BCUT2D eigenvalue weighted by molar-refractivity contribution is 0.283. The summed E-state index contributed by atoms with van der Waals surface area (Å²) in [5.74, 6) is 0.955. The molecule has 1 atom stereocenters. The SMILES string of the molecule is CCCCC(NC(C)C)C1CCCCCC1. The highest BCUT2D eigenvalue weighted by Gasteiger charge is 2.22. The maximum atomic E-state index is 3.81. The average Bonchev–Trinajstić information content (AvgIpc) is 2.52. The van der Waals surface area contributed by atoms with Crippen LogP contribution in [0.5, 0.6) is 0 Å². The summed E-state index contributed by atoms with van der Waals surface area (Å²) >= 11 is 0. The first-order chi connectivity index (χ1) is 7.74. The number of unbranched alkanes of at least 4 members (excludes halogenated alkanes) is 1. The van der Waals surface area contributed by atoms with Crippen LogP contribution in [0.2, 0.25) is 0 Å². The molecule has 0 saturated heterocycles. The van der Waals surface area contributed by atoms with Gasteiger partial charge in [-0.15, -0.1) is 0 Å². The lowest BCUT2D eigenvalue weighted by Gasteiger charge is -2.29. The van der Waals surface area contributed by atoms with E-state index in [1.54, 1.807) is 0 Å². The highest BCUT2D eigenvalue weighted by atomic mass is 14.9. The van der Waals surface area contributed by atoms with E-state index in [0.717, 1.165) is 12.0 Å². The van der Waals surface area contributed by atoms with Crippen LogP contribution in [0.4, 0.5) is 0 Å². The van der Waals surface area contributed by atoms with Gasteiger partial charge in [-0.1, -0.05) is 59.3 Å². The van der Waals surface area contributed by atoms with Crippen LogP contribution in [0.25, 0.3) is 0 Å². The van der Waals surface area contributed by atoms with E-state index in [2.05, 4.69) is 26.1 Å². The Bertz CT molecular complexity index is 157. The molecule has 0 radical (unpaired) electrons. The molecule has 0 aromatic heterocycles. The van der Waals surface area contributed by atoms with Crippen LogP contribution in [0, 0.1) is 5.92 Å². The maximum absolute atomic E-state index is 3.81. The average molecular weight is 225 g/mol. The minimum atomic E-state index is 0.644. The van der Waals surface area contributed by atoms with E-state index in [9.17, 15) is 0 Å². The molecule has 0 aromatic carbocycles. The molecule has 1 nitrogen and oxygen atoms in total. The van der Waals surface area contributed by atoms with Gasteiger partial charge in [0.25, 0.3) is 0 Å². The molecular weight excluding hydrogens is 194 g/mol. The van der Waals surface area contributed by atoms with E-state index in [-0.39, 0.29) is 0 Å². The Kier molecular flexibility index (Phi) is 7.11. The minimum absolute atomic E-state index is 0.644. The predicted octanol–water partition coefficient (Wildman–Crippen LogP) is 4.51. The molecule has 96 valence electrons. The maximum Gasteiger partial charge on any atom is 0.00976 e. The molecule has 1 aliphatic rings. The molecule has 1 aliphatic carbocycles. The van der Waals surface area contributed by atoms with Crippen LogP contribution in [0.15, 0.2) is 0 Å². The summed E-state index contributed by atoms with van der Waals surface area (Å²) in [5, 5.41) is 3.81. The quantitative estimate of drug-likeness (QED) is 0.656. The molecule has 0 bridgehead atoms. The molecule has 1 heteroatoms. The van der Waals surface area contributed by atoms with Gasteiger partial charge in [-0.25, -0.2) is 0 Å². The van der Waals surface area contributed by atoms with Gasteiger partial charge in [-0.3, -0.25) is 0 Å². The third-order valence-corrected chi connectivity index (χ3v) is 3.88. The summed E-state index contributed by atoms with van der Waals surface area (Å²) in [7, 11) is 0. The summed E-state index contributed by atoms with van der Waals surface area (Å²) in [6.07, 6.45) is 12.9. The highest BCUT2D eigenvalue weighted by molar-refractivity contribution is 4.79. The van der Waals surface area contributed by atoms with Gasteiger partial charge in [0.05, 0.1) is 0 Å². The van der Waals surface area contributed by atoms with Gasteiger partial charge in [0.2, 0.25) is 0 Å². The van der Waals surface area contributed by atoms with Crippen molar-refractivity contribution < 1.29 is 0 Å². The van der Waals surface area contributed by atoms with Gasteiger partial charge in [0, 0.05) is 12.1 Å². The Hall–Kier alpha value is -0.0400. The monoisotopic (exact) mass is 225 g/mol. The molecule has 1 unspecified atom stereocenters. The fourth-order valence-electron chi connectivity index (χ4n) is 3.02. The van der Waals surface area contributed by atoms with Crippen molar-refractivity contribution in [2.24, 2.45) is 5.92 Å². The number of nitrogens with one attached hydrogen (secondary N) is 1. The van der Waals surface area contributed by atoms with Crippen molar-refractivity contribution in [1.29, 1.82) is 0 Å². The molecule has 1 saturated carbocycles. The van der Waals surface area contributed by atoms with Gasteiger partial charge >= 0.3 is 0 Å². The smallest absolute Gasteiger partial charge is 0.00976 e. The van der Waals surface area contributed by atoms with Crippen molar-refractivity contribution in [2.45, 2.75) is 90.6 Å². The van der Waals surface area contributed by atoms with Gasteiger partial charge < -0.3 is 5.32 Å². The first-order valence-electron chi connectivity index (χ1n) is 7.50. The summed E-state index contributed by atoms with van der Waals surface area (Å²) in [4.78, 5) is 0. The van der Waals surface area contributed by atoms with Gasteiger partial charge in [-0.05, 0) is 25.2 Å². The molecule has 0 spiro atoms. The second-order valence-electron chi connectivity index (χ2n) is 5.82.